The summed E-state index contributed by atoms with van der Waals surface area (Å²) in [5.74, 6) is -146. The van der Waals surface area contributed by atoms with Crippen LogP contribution in [0.1, 0.15) is 0 Å². The van der Waals surface area contributed by atoms with Crippen molar-refractivity contribution in [3.8, 4) is 0 Å². The quantitative estimate of drug-likeness (QED) is 0.144. The molecule has 0 N–H and O–H groups in total. The minimum atomic E-state index is -10.3. The van der Waals surface area contributed by atoms with Crippen LogP contribution in [-0.2, 0) is 0 Å². The molecule has 0 aliphatic heterocycles. The molecule has 35 heteroatoms. The molecule has 0 heterocycles. The van der Waals surface area contributed by atoms with Crippen LogP contribution >= 0.6 is 0 Å². The van der Waals surface area contributed by atoms with Crippen LogP contribution < -0.4 is 0 Å². The van der Waals surface area contributed by atoms with Crippen LogP contribution in [0, 0.1) is 0 Å². The van der Waals surface area contributed by atoms with Crippen molar-refractivity contribution in [2.24, 2.45) is 0 Å². The van der Waals surface area contributed by atoms with Gasteiger partial charge in [-0.15, -0.1) is 0 Å². The lowest BCUT2D eigenvalue weighted by Gasteiger charge is -2.46. The third-order valence-corrected chi connectivity index (χ3v) is 6.18. The van der Waals surface area contributed by atoms with Crippen molar-refractivity contribution < 1.29 is 154 Å². The van der Waals surface area contributed by atoms with E-state index < -0.39 is 101 Å². The van der Waals surface area contributed by atoms with Crippen molar-refractivity contribution in [1.29, 1.82) is 0 Å². The summed E-state index contributed by atoms with van der Waals surface area (Å²) in [6.07, 6.45) is -14.9. The average Bonchev–Trinajstić information content (AvgIpc) is 2.90. The lowest BCUT2D eigenvalue weighted by Crippen LogP contribution is -2.80. The SMILES string of the molecule is FC(F)C(F)(F)C(F)(F)C(F)(F)C(F)(F)C(F)(F)C(F)(F)C(F)(F)C(F)(F)C(F)(F)C(F)(F)C(F)(F)C(F)(F)C(F)(F)C(F)(F)C(F)(F)C(F)(F)F. The van der Waals surface area contributed by atoms with E-state index in [4.69, 9.17) is 0 Å². The second kappa shape index (κ2) is 11.8. The number of hydrogen-bond donors (Lipinski definition) is 0. The molecular weight excluding hydrogens is 869 g/mol. The predicted molar refractivity (Wildman–Crippen MR) is 86.3 cm³/mol. The summed E-state index contributed by atoms with van der Waals surface area (Å²) >= 11 is 0. The van der Waals surface area contributed by atoms with Gasteiger partial charge in [0.15, 0.2) is 0 Å². The van der Waals surface area contributed by atoms with Gasteiger partial charge in [-0.25, -0.2) is 8.78 Å². The van der Waals surface area contributed by atoms with E-state index in [9.17, 15) is 154 Å². The maximum Gasteiger partial charge on any atom is 0.460 e. The molecule has 0 spiro atoms. The molecule has 0 aromatic carbocycles. The van der Waals surface area contributed by atoms with E-state index in [0.29, 0.717) is 0 Å². The minimum absolute atomic E-state index is 6.52. The van der Waals surface area contributed by atoms with Crippen LogP contribution in [0.3, 0.4) is 0 Å². The summed E-state index contributed by atoms with van der Waals surface area (Å²) in [5, 5.41) is 0. The van der Waals surface area contributed by atoms with Gasteiger partial charge >= 0.3 is 101 Å². The summed E-state index contributed by atoms with van der Waals surface area (Å²) in [7, 11) is 0. The summed E-state index contributed by atoms with van der Waals surface area (Å²) in [4.78, 5) is 0. The molecule has 0 unspecified atom stereocenters. The monoisotopic (exact) mass is 870 g/mol. The van der Waals surface area contributed by atoms with E-state index in [1.807, 2.05) is 0 Å². The first kappa shape index (κ1) is 49.6. The molecule has 0 atom stereocenters. The lowest BCUT2D eigenvalue weighted by atomic mass is 9.82. The molecule has 0 saturated heterocycles. The molecule has 0 fully saturated rings. The van der Waals surface area contributed by atoms with Gasteiger partial charge < -0.3 is 0 Å². The maximum absolute atomic E-state index is 13.7. The number of rotatable bonds is 15. The van der Waals surface area contributed by atoms with E-state index in [-0.39, 0.29) is 0 Å². The molecule has 0 aromatic rings. The summed E-state index contributed by atoms with van der Waals surface area (Å²) in [6.45, 7) is 0. The standard InChI is InChI=1S/C17HF35/c18-1(19)2(20,21)3(22,23)4(24,25)5(26,27)6(28,29)7(30,31)8(32,33)9(34,35)10(36,37)11(38,39)12(40,41)13(42,43)14(44,45)15(46,47)16(48,49)17(50,51)52/h1H. The van der Waals surface area contributed by atoms with Gasteiger partial charge in [0, 0.05) is 0 Å². The Morgan fingerprint density at radius 3 is 0.404 bits per heavy atom. The highest BCUT2D eigenvalue weighted by Gasteiger charge is 3.02. The molecule has 0 rings (SSSR count). The highest BCUT2D eigenvalue weighted by atomic mass is 19.4. The van der Waals surface area contributed by atoms with Crippen LogP contribution in [0.4, 0.5) is 154 Å². The van der Waals surface area contributed by atoms with Gasteiger partial charge in [-0.3, -0.25) is 0 Å². The third kappa shape index (κ3) is 5.37. The van der Waals surface area contributed by atoms with Crippen molar-refractivity contribution >= 4 is 0 Å². The predicted octanol–water partition coefficient (Wildman–Crippen LogP) is 11.3. The zero-order chi connectivity index (χ0) is 43.6. The Hall–Kier alpha value is -2.45. The van der Waals surface area contributed by atoms with Gasteiger partial charge in [-0.05, 0) is 0 Å². The zero-order valence-electron chi connectivity index (χ0n) is 21.8. The lowest BCUT2D eigenvalue weighted by molar-refractivity contribution is -0.491. The van der Waals surface area contributed by atoms with E-state index in [1.165, 1.54) is 0 Å². The fraction of sp³-hybridized carbons (Fsp3) is 1.00. The third-order valence-electron chi connectivity index (χ3n) is 6.18. The van der Waals surface area contributed by atoms with E-state index >= 15 is 0 Å². The highest BCUT2D eigenvalue weighted by molar-refractivity contribution is 5.22. The van der Waals surface area contributed by atoms with Crippen molar-refractivity contribution in [2.75, 3.05) is 0 Å². The van der Waals surface area contributed by atoms with Crippen LogP contribution in [0.25, 0.3) is 0 Å². The molecule has 0 bridgehead atoms. The van der Waals surface area contributed by atoms with E-state index in [2.05, 4.69) is 0 Å². The number of hydrogen-bond acceptors (Lipinski definition) is 0. The van der Waals surface area contributed by atoms with Gasteiger partial charge in [-0.1, -0.05) is 0 Å². The van der Waals surface area contributed by atoms with Gasteiger partial charge in [0.05, 0.1) is 0 Å². The Bertz CT molecular complexity index is 1290. The fourth-order valence-electron chi connectivity index (χ4n) is 2.89. The van der Waals surface area contributed by atoms with Crippen molar-refractivity contribution in [1.82, 2.24) is 0 Å². The first-order valence-electron chi connectivity index (χ1n) is 10.7. The highest BCUT2D eigenvalue weighted by Crippen LogP contribution is 2.70. The Balaban J connectivity index is 7.74. The molecule has 314 valence electrons. The molecule has 0 aliphatic rings. The molecule has 0 saturated carbocycles. The van der Waals surface area contributed by atoms with Crippen LogP contribution in [0.15, 0.2) is 0 Å². The van der Waals surface area contributed by atoms with Crippen molar-refractivity contribution in [2.45, 2.75) is 101 Å². The molecule has 0 radical (unpaired) electrons. The van der Waals surface area contributed by atoms with Gasteiger partial charge in [-0.2, -0.15) is 145 Å². The van der Waals surface area contributed by atoms with Gasteiger partial charge in [0.25, 0.3) is 0 Å². The largest absolute Gasteiger partial charge is 0.460 e. The average molecular weight is 870 g/mol. The molecule has 0 amide bonds. The Morgan fingerprint density at radius 1 is 0.173 bits per heavy atom. The zero-order valence-corrected chi connectivity index (χ0v) is 21.8. The normalized spacial score (nSPS) is 17.3. The molecular formula is C17HF35. The topological polar surface area (TPSA) is 0 Å². The van der Waals surface area contributed by atoms with Crippen LogP contribution in [0.2, 0.25) is 0 Å². The van der Waals surface area contributed by atoms with Crippen LogP contribution in [-0.4, -0.2) is 101 Å². The minimum Gasteiger partial charge on any atom is -0.203 e. The van der Waals surface area contributed by atoms with E-state index in [1.54, 1.807) is 0 Å². The summed E-state index contributed by atoms with van der Waals surface area (Å²) in [6, 6.07) is 0. The number of halogens is 35. The summed E-state index contributed by atoms with van der Waals surface area (Å²) in [5.41, 5.74) is 0. The molecule has 0 nitrogen and oxygen atoms in total. The Morgan fingerprint density at radius 2 is 0.288 bits per heavy atom. The van der Waals surface area contributed by atoms with Gasteiger partial charge in [0.1, 0.15) is 0 Å². The van der Waals surface area contributed by atoms with Crippen molar-refractivity contribution in [3.63, 3.8) is 0 Å². The second-order valence-electron chi connectivity index (χ2n) is 9.46. The number of alkyl halides is 35. The first-order valence-corrected chi connectivity index (χ1v) is 10.7. The Kier molecular flexibility index (Phi) is 11.2. The van der Waals surface area contributed by atoms with Crippen LogP contribution in [0.5, 0.6) is 0 Å². The first-order chi connectivity index (χ1) is 21.7. The molecule has 0 aliphatic carbocycles. The van der Waals surface area contributed by atoms with Gasteiger partial charge in [0.2, 0.25) is 0 Å². The fourth-order valence-corrected chi connectivity index (χ4v) is 2.89. The van der Waals surface area contributed by atoms with Crippen molar-refractivity contribution in [3.05, 3.63) is 0 Å². The van der Waals surface area contributed by atoms with E-state index in [0.717, 1.165) is 0 Å². The maximum atomic E-state index is 13.7. The molecule has 0 aromatic heterocycles. The molecule has 52 heavy (non-hydrogen) atoms. The Labute approximate surface area is 256 Å². The smallest absolute Gasteiger partial charge is 0.203 e. The second-order valence-corrected chi connectivity index (χ2v) is 9.46. The summed E-state index contributed by atoms with van der Waals surface area (Å²) < 4.78 is 462.